The Labute approximate surface area is 91.8 Å². The molecule has 2 aliphatic heterocycles. The fourth-order valence-corrected chi connectivity index (χ4v) is 6.34. The first-order valence-corrected chi connectivity index (χ1v) is 8.74. The Morgan fingerprint density at radius 2 is 1.75 bits per heavy atom. The molecule has 12 heavy (non-hydrogen) atoms. The van der Waals surface area contributed by atoms with Gasteiger partial charge in [0.25, 0.3) is 0 Å². The van der Waals surface area contributed by atoms with Gasteiger partial charge < -0.3 is 0 Å². The van der Waals surface area contributed by atoms with Crippen LogP contribution in [0.3, 0.4) is 0 Å². The van der Waals surface area contributed by atoms with Crippen molar-refractivity contribution in [3.63, 3.8) is 0 Å². The van der Waals surface area contributed by atoms with Gasteiger partial charge in [0.15, 0.2) is 0 Å². The molecule has 0 nitrogen and oxygen atoms in total. The molecule has 2 atom stereocenters. The highest BCUT2D eigenvalue weighted by Crippen LogP contribution is 2.34. The van der Waals surface area contributed by atoms with Crippen LogP contribution in [0.2, 0.25) is 0 Å². The zero-order valence-corrected chi connectivity index (χ0v) is 10.3. The fraction of sp³-hybridized carbons (Fsp3) is 1.00. The first-order chi connectivity index (χ1) is 5.95. The predicted molar refractivity (Wildman–Crippen MR) is 67.1 cm³/mol. The molecular formula is C8H14S4. The van der Waals surface area contributed by atoms with Crippen LogP contribution in [0.4, 0.5) is 0 Å². The van der Waals surface area contributed by atoms with E-state index in [4.69, 9.17) is 0 Å². The molecule has 0 radical (unpaired) electrons. The van der Waals surface area contributed by atoms with E-state index in [2.05, 4.69) is 47.0 Å². The van der Waals surface area contributed by atoms with Crippen LogP contribution in [0.5, 0.6) is 0 Å². The van der Waals surface area contributed by atoms with Gasteiger partial charge in [-0.25, -0.2) is 0 Å². The molecule has 0 aromatic rings. The lowest BCUT2D eigenvalue weighted by molar-refractivity contribution is 1.12. The van der Waals surface area contributed by atoms with Gasteiger partial charge in [0.2, 0.25) is 0 Å². The smallest absolute Gasteiger partial charge is 0.0229 e. The van der Waals surface area contributed by atoms with E-state index in [1.54, 1.807) is 0 Å². The molecule has 0 aromatic heterocycles. The molecule has 0 aliphatic carbocycles. The van der Waals surface area contributed by atoms with Crippen molar-refractivity contribution in [2.75, 3.05) is 34.5 Å². The van der Waals surface area contributed by atoms with E-state index in [1.165, 1.54) is 34.5 Å². The maximum absolute atomic E-state index is 2.19. The Balaban J connectivity index is 1.52. The summed E-state index contributed by atoms with van der Waals surface area (Å²) in [5.41, 5.74) is 0. The third-order valence-corrected chi connectivity index (χ3v) is 7.41. The summed E-state index contributed by atoms with van der Waals surface area (Å²) >= 11 is 8.62. The van der Waals surface area contributed by atoms with Gasteiger partial charge in [0, 0.05) is 45.0 Å². The minimum absolute atomic E-state index is 0.956. The van der Waals surface area contributed by atoms with Crippen molar-refractivity contribution in [1.29, 1.82) is 0 Å². The molecule has 0 spiro atoms. The van der Waals surface area contributed by atoms with Gasteiger partial charge in [-0.2, -0.15) is 47.0 Å². The second kappa shape index (κ2) is 5.32. The summed E-state index contributed by atoms with van der Waals surface area (Å²) in [6.07, 6.45) is 0. The molecule has 4 heteroatoms. The normalized spacial score (nSPS) is 35.0. The standard InChI is InChI=1S/C8H14S4/c1-2-11-7(3-9-1)4-10-5-8-6-12-8/h7-8H,1-6H2. The minimum atomic E-state index is 0.956. The summed E-state index contributed by atoms with van der Waals surface area (Å²) in [6, 6.07) is 0. The van der Waals surface area contributed by atoms with Crippen LogP contribution in [0.1, 0.15) is 0 Å². The van der Waals surface area contributed by atoms with Gasteiger partial charge in [-0.15, -0.1) is 0 Å². The molecular weight excluding hydrogens is 224 g/mol. The summed E-state index contributed by atoms with van der Waals surface area (Å²) in [4.78, 5) is 0. The third-order valence-electron chi connectivity index (χ3n) is 1.89. The number of thioether (sulfide) groups is 4. The molecule has 2 heterocycles. The topological polar surface area (TPSA) is 0 Å². The van der Waals surface area contributed by atoms with Gasteiger partial charge >= 0.3 is 0 Å². The van der Waals surface area contributed by atoms with E-state index < -0.39 is 0 Å². The number of rotatable bonds is 4. The summed E-state index contributed by atoms with van der Waals surface area (Å²) < 4.78 is 0. The van der Waals surface area contributed by atoms with Crippen molar-refractivity contribution in [1.82, 2.24) is 0 Å². The summed E-state index contributed by atoms with van der Waals surface area (Å²) in [7, 11) is 0. The second-order valence-corrected chi connectivity index (χ2v) is 8.03. The van der Waals surface area contributed by atoms with Gasteiger partial charge in [0.1, 0.15) is 0 Å². The monoisotopic (exact) mass is 238 g/mol. The van der Waals surface area contributed by atoms with Crippen LogP contribution < -0.4 is 0 Å². The van der Waals surface area contributed by atoms with Crippen LogP contribution in [0.25, 0.3) is 0 Å². The van der Waals surface area contributed by atoms with Crippen LogP contribution in [0.15, 0.2) is 0 Å². The molecule has 2 rings (SSSR count). The molecule has 2 aliphatic rings. The van der Waals surface area contributed by atoms with E-state index in [1.807, 2.05) is 0 Å². The van der Waals surface area contributed by atoms with Gasteiger partial charge in [-0.3, -0.25) is 0 Å². The Morgan fingerprint density at radius 3 is 2.33 bits per heavy atom. The first kappa shape index (κ1) is 9.94. The van der Waals surface area contributed by atoms with Crippen LogP contribution in [-0.4, -0.2) is 45.0 Å². The molecule has 2 saturated heterocycles. The fourth-order valence-electron chi connectivity index (χ4n) is 1.13. The van der Waals surface area contributed by atoms with E-state index in [0.717, 1.165) is 10.5 Å². The zero-order valence-electron chi connectivity index (χ0n) is 7.03. The predicted octanol–water partition coefficient (Wildman–Crippen LogP) is 2.68. The molecule has 0 amide bonds. The van der Waals surface area contributed by atoms with Gasteiger partial charge in [-0.1, -0.05) is 0 Å². The van der Waals surface area contributed by atoms with Crippen molar-refractivity contribution < 1.29 is 0 Å². The third kappa shape index (κ3) is 3.64. The molecule has 0 bridgehead atoms. The lowest BCUT2D eigenvalue weighted by Gasteiger charge is -2.20. The minimum Gasteiger partial charge on any atom is -0.160 e. The van der Waals surface area contributed by atoms with Crippen molar-refractivity contribution >= 4 is 47.0 Å². The quantitative estimate of drug-likeness (QED) is 0.690. The van der Waals surface area contributed by atoms with Gasteiger partial charge in [0.05, 0.1) is 0 Å². The molecule has 2 fully saturated rings. The number of hydrogen-bond acceptors (Lipinski definition) is 4. The molecule has 0 saturated carbocycles. The van der Waals surface area contributed by atoms with E-state index >= 15 is 0 Å². The molecule has 70 valence electrons. The Morgan fingerprint density at radius 1 is 1.00 bits per heavy atom. The highest BCUT2D eigenvalue weighted by Gasteiger charge is 2.22. The van der Waals surface area contributed by atoms with Crippen molar-refractivity contribution in [3.8, 4) is 0 Å². The highest BCUT2D eigenvalue weighted by molar-refractivity contribution is 8.09. The Bertz CT molecular complexity index is 129. The maximum atomic E-state index is 2.19. The average Bonchev–Trinajstić information content (AvgIpc) is 2.90. The lowest BCUT2D eigenvalue weighted by Crippen LogP contribution is -2.16. The van der Waals surface area contributed by atoms with Crippen LogP contribution in [0, 0.1) is 0 Å². The molecule has 0 aromatic carbocycles. The molecule has 2 unspecified atom stereocenters. The summed E-state index contributed by atoms with van der Waals surface area (Å²) in [5.74, 6) is 8.40. The van der Waals surface area contributed by atoms with Crippen LogP contribution in [-0.2, 0) is 0 Å². The summed E-state index contributed by atoms with van der Waals surface area (Å²) in [5, 5.41) is 1.98. The number of hydrogen-bond donors (Lipinski definition) is 0. The van der Waals surface area contributed by atoms with E-state index in [-0.39, 0.29) is 0 Å². The maximum Gasteiger partial charge on any atom is 0.0229 e. The first-order valence-electron chi connectivity index (χ1n) is 4.34. The summed E-state index contributed by atoms with van der Waals surface area (Å²) in [6.45, 7) is 0. The van der Waals surface area contributed by atoms with E-state index in [9.17, 15) is 0 Å². The average molecular weight is 238 g/mol. The highest BCUT2D eigenvalue weighted by atomic mass is 32.2. The molecule has 0 N–H and O–H groups in total. The van der Waals surface area contributed by atoms with Gasteiger partial charge in [-0.05, 0) is 0 Å². The van der Waals surface area contributed by atoms with Crippen molar-refractivity contribution in [2.45, 2.75) is 10.5 Å². The van der Waals surface area contributed by atoms with Crippen molar-refractivity contribution in [2.24, 2.45) is 0 Å². The Hall–Kier alpha value is 1.40. The van der Waals surface area contributed by atoms with Crippen molar-refractivity contribution in [3.05, 3.63) is 0 Å². The van der Waals surface area contributed by atoms with E-state index in [0.29, 0.717) is 0 Å². The Kier molecular flexibility index (Phi) is 4.41. The zero-order chi connectivity index (χ0) is 8.23. The SMILES string of the molecule is C1CSC(CSCC2CS2)CS1. The second-order valence-electron chi connectivity index (χ2n) is 3.06. The lowest BCUT2D eigenvalue weighted by atomic mass is 10.5. The van der Waals surface area contributed by atoms with Crippen LogP contribution >= 0.6 is 47.0 Å². The largest absolute Gasteiger partial charge is 0.160 e.